The molecule has 86 valence electrons. The Morgan fingerprint density at radius 3 is 2.94 bits per heavy atom. The average Bonchev–Trinajstić information content (AvgIpc) is 2.40. The maximum atomic E-state index is 12.0. The van der Waals surface area contributed by atoms with Crippen molar-refractivity contribution in [2.45, 2.75) is 25.7 Å². The van der Waals surface area contributed by atoms with Gasteiger partial charge in [-0.25, -0.2) is 0 Å². The van der Waals surface area contributed by atoms with E-state index in [0.717, 1.165) is 36.6 Å². The maximum Gasteiger partial charge on any atom is 0.140 e. The number of carbonyl (C=O) groups is 1. The first-order chi connectivity index (χ1) is 7.70. The van der Waals surface area contributed by atoms with Gasteiger partial charge in [-0.3, -0.25) is 4.79 Å². The number of fused-ring (bicyclic) bond motifs is 1. The predicted molar refractivity (Wildman–Crippen MR) is 67.8 cm³/mol. The van der Waals surface area contributed by atoms with Crippen LogP contribution in [0.4, 0.5) is 0 Å². The Morgan fingerprint density at radius 2 is 2.19 bits per heavy atom. The van der Waals surface area contributed by atoms with Crippen LogP contribution in [0.3, 0.4) is 0 Å². The van der Waals surface area contributed by atoms with E-state index in [0.29, 0.717) is 18.0 Å². The largest absolute Gasteiger partial charge is 0.508 e. The van der Waals surface area contributed by atoms with Gasteiger partial charge in [0, 0.05) is 12.3 Å². The van der Waals surface area contributed by atoms with E-state index in [4.69, 9.17) is 0 Å². The molecule has 2 nitrogen and oxygen atoms in total. The van der Waals surface area contributed by atoms with Crippen molar-refractivity contribution in [3.05, 3.63) is 29.3 Å². The number of rotatable bonds is 2. The van der Waals surface area contributed by atoms with Crippen LogP contribution in [0.1, 0.15) is 24.0 Å². The smallest absolute Gasteiger partial charge is 0.140 e. The van der Waals surface area contributed by atoms with Crippen molar-refractivity contribution in [2.24, 2.45) is 5.92 Å². The van der Waals surface area contributed by atoms with Gasteiger partial charge in [-0.2, -0.15) is 0 Å². The van der Waals surface area contributed by atoms with Crippen molar-refractivity contribution >= 4 is 15.0 Å². The first-order valence-electron chi connectivity index (χ1n) is 5.74. The molecule has 0 spiro atoms. The van der Waals surface area contributed by atoms with Crippen molar-refractivity contribution in [3.63, 3.8) is 0 Å². The summed E-state index contributed by atoms with van der Waals surface area (Å²) < 4.78 is 0. The average molecular weight is 236 g/mol. The molecule has 0 amide bonds. The lowest BCUT2D eigenvalue weighted by Crippen LogP contribution is -2.15. The molecule has 0 saturated carbocycles. The molecule has 1 aromatic carbocycles. The fourth-order valence-electron chi connectivity index (χ4n) is 2.35. The monoisotopic (exact) mass is 236 g/mol. The predicted octanol–water partition coefficient (Wildman–Crippen LogP) is 2.33. The highest BCUT2D eigenvalue weighted by Crippen LogP contribution is 2.27. The molecule has 1 aliphatic carbocycles. The van der Waals surface area contributed by atoms with E-state index in [2.05, 4.69) is 9.24 Å². The highest BCUT2D eigenvalue weighted by molar-refractivity contribution is 7.16. The number of aromatic hydroxyl groups is 1. The Labute approximate surface area is 98.3 Å². The molecule has 1 aromatic rings. The second-order valence-electron chi connectivity index (χ2n) is 4.41. The molecule has 2 atom stereocenters. The van der Waals surface area contributed by atoms with Crippen LogP contribution in [0.5, 0.6) is 5.75 Å². The summed E-state index contributed by atoms with van der Waals surface area (Å²) in [4.78, 5) is 12.0. The summed E-state index contributed by atoms with van der Waals surface area (Å²) >= 11 is 0. The van der Waals surface area contributed by atoms with E-state index in [9.17, 15) is 9.90 Å². The lowest BCUT2D eigenvalue weighted by atomic mass is 9.95. The van der Waals surface area contributed by atoms with Crippen molar-refractivity contribution in [3.8, 4) is 5.75 Å². The van der Waals surface area contributed by atoms with Crippen LogP contribution in [0, 0.1) is 5.92 Å². The van der Waals surface area contributed by atoms with Crippen LogP contribution < -0.4 is 0 Å². The van der Waals surface area contributed by atoms with Crippen molar-refractivity contribution in [1.82, 2.24) is 0 Å². The molecule has 0 heterocycles. The fourth-order valence-corrected chi connectivity index (χ4v) is 2.75. The normalized spacial score (nSPS) is 20.3. The molecular formula is C13H17O2P. The molecular weight excluding hydrogens is 219 g/mol. The summed E-state index contributed by atoms with van der Waals surface area (Å²) in [6.45, 7) is 0. The number of phenols is 1. The Balaban J connectivity index is 2.22. The Morgan fingerprint density at radius 1 is 1.38 bits per heavy atom. The van der Waals surface area contributed by atoms with Crippen LogP contribution in [-0.4, -0.2) is 17.1 Å². The van der Waals surface area contributed by atoms with E-state index in [1.54, 1.807) is 12.1 Å². The van der Waals surface area contributed by atoms with Gasteiger partial charge in [-0.05, 0) is 48.7 Å². The van der Waals surface area contributed by atoms with Gasteiger partial charge >= 0.3 is 0 Å². The standard InChI is InChI=1S/C13H17O2P/c14-12-4-3-11-8-13(15)9(5-6-16)1-2-10(11)7-12/h3-4,7,9,14H,1-2,5-6,8,16H2. The quantitative estimate of drug-likeness (QED) is 0.632. The highest BCUT2D eigenvalue weighted by Gasteiger charge is 2.22. The number of phenolic OH excluding ortho intramolecular Hbond substituents is 1. The van der Waals surface area contributed by atoms with Gasteiger partial charge in [0.2, 0.25) is 0 Å². The van der Waals surface area contributed by atoms with Gasteiger partial charge in [0.1, 0.15) is 11.5 Å². The first kappa shape index (κ1) is 11.6. The van der Waals surface area contributed by atoms with Crippen molar-refractivity contribution in [1.29, 1.82) is 0 Å². The Hall–Kier alpha value is -0.880. The van der Waals surface area contributed by atoms with Gasteiger partial charge in [0.05, 0.1) is 0 Å². The second-order valence-corrected chi connectivity index (χ2v) is 4.99. The number of ketones is 1. The maximum absolute atomic E-state index is 12.0. The molecule has 0 fully saturated rings. The molecule has 3 heteroatoms. The van der Waals surface area contributed by atoms with E-state index < -0.39 is 0 Å². The van der Waals surface area contributed by atoms with Gasteiger partial charge < -0.3 is 5.11 Å². The minimum atomic E-state index is 0.201. The molecule has 16 heavy (non-hydrogen) atoms. The van der Waals surface area contributed by atoms with Gasteiger partial charge in [0.15, 0.2) is 0 Å². The van der Waals surface area contributed by atoms with E-state index >= 15 is 0 Å². The van der Waals surface area contributed by atoms with E-state index in [-0.39, 0.29) is 5.92 Å². The summed E-state index contributed by atoms with van der Waals surface area (Å²) in [6, 6.07) is 5.35. The lowest BCUT2D eigenvalue weighted by molar-refractivity contribution is -0.122. The molecule has 2 rings (SSSR count). The molecule has 0 bridgehead atoms. The number of aryl methyl sites for hydroxylation is 1. The van der Waals surface area contributed by atoms with Crippen LogP contribution >= 0.6 is 9.24 Å². The zero-order chi connectivity index (χ0) is 11.5. The molecule has 0 saturated heterocycles. The van der Waals surface area contributed by atoms with Crippen LogP contribution in [0.2, 0.25) is 0 Å². The van der Waals surface area contributed by atoms with Gasteiger partial charge in [-0.1, -0.05) is 6.07 Å². The number of carbonyl (C=O) groups excluding carboxylic acids is 1. The summed E-state index contributed by atoms with van der Waals surface area (Å²) in [6.07, 6.45) is 4.31. The summed E-state index contributed by atoms with van der Waals surface area (Å²) in [7, 11) is 2.69. The topological polar surface area (TPSA) is 37.3 Å². The minimum absolute atomic E-state index is 0.201. The third-order valence-electron chi connectivity index (χ3n) is 3.29. The van der Waals surface area contributed by atoms with E-state index in [1.165, 1.54) is 0 Å². The third-order valence-corrected chi connectivity index (χ3v) is 3.62. The zero-order valence-corrected chi connectivity index (χ0v) is 10.4. The summed E-state index contributed by atoms with van der Waals surface area (Å²) in [5.74, 6) is 0.856. The third kappa shape index (κ3) is 2.44. The number of hydrogen-bond acceptors (Lipinski definition) is 2. The van der Waals surface area contributed by atoms with Crippen LogP contribution in [-0.2, 0) is 17.6 Å². The Bertz CT molecular complexity index is 401. The summed E-state index contributed by atoms with van der Waals surface area (Å²) in [5.41, 5.74) is 2.23. The molecule has 0 aliphatic heterocycles. The molecule has 0 aromatic heterocycles. The van der Waals surface area contributed by atoms with Crippen LogP contribution in [0.15, 0.2) is 18.2 Å². The van der Waals surface area contributed by atoms with E-state index in [1.807, 2.05) is 6.07 Å². The lowest BCUT2D eigenvalue weighted by Gasteiger charge is -2.10. The van der Waals surface area contributed by atoms with Crippen molar-refractivity contribution in [2.75, 3.05) is 6.16 Å². The van der Waals surface area contributed by atoms with Crippen molar-refractivity contribution < 1.29 is 9.90 Å². The molecule has 1 N–H and O–H groups in total. The zero-order valence-electron chi connectivity index (χ0n) is 9.28. The second kappa shape index (κ2) is 4.97. The minimum Gasteiger partial charge on any atom is -0.508 e. The van der Waals surface area contributed by atoms with Gasteiger partial charge in [0.25, 0.3) is 0 Å². The number of hydrogen-bond donors (Lipinski definition) is 1. The highest BCUT2D eigenvalue weighted by atomic mass is 31.0. The summed E-state index contributed by atoms with van der Waals surface area (Å²) in [5, 5.41) is 9.43. The molecule has 2 unspecified atom stereocenters. The van der Waals surface area contributed by atoms with Crippen LogP contribution in [0.25, 0.3) is 0 Å². The first-order valence-corrected chi connectivity index (χ1v) is 6.56. The van der Waals surface area contributed by atoms with Gasteiger partial charge in [-0.15, -0.1) is 9.24 Å². The molecule has 0 radical (unpaired) electrons. The number of Topliss-reactive ketones (excluding diaryl/α,β-unsaturated/α-hetero) is 1. The Kier molecular flexibility index (Phi) is 3.60. The molecule has 1 aliphatic rings. The number of benzene rings is 1. The SMILES string of the molecule is O=C1Cc2ccc(O)cc2CCC1CCP. The fraction of sp³-hybridized carbons (Fsp3) is 0.462.